The number of esters is 1. The van der Waals surface area contributed by atoms with E-state index in [4.69, 9.17) is 9.47 Å². The molecular formula is C32H45NO4S. The van der Waals surface area contributed by atoms with Crippen molar-refractivity contribution in [3.05, 3.63) is 59.7 Å². The quantitative estimate of drug-likeness (QED) is 0.153. The van der Waals surface area contributed by atoms with Crippen molar-refractivity contribution in [3.8, 4) is 11.1 Å². The normalized spacial score (nSPS) is 13.0. The van der Waals surface area contributed by atoms with Crippen LogP contribution in [-0.4, -0.2) is 43.3 Å². The van der Waals surface area contributed by atoms with Gasteiger partial charge in [0.15, 0.2) is 0 Å². The minimum absolute atomic E-state index is 0.0129. The topological polar surface area (TPSA) is 64.6 Å². The van der Waals surface area contributed by atoms with E-state index < -0.39 is 12.1 Å². The molecule has 1 aliphatic rings. The van der Waals surface area contributed by atoms with Crippen LogP contribution in [-0.2, 0) is 14.3 Å². The second kappa shape index (κ2) is 17.2. The van der Waals surface area contributed by atoms with E-state index in [1.54, 1.807) is 11.8 Å². The maximum atomic E-state index is 12.7. The zero-order valence-corrected chi connectivity index (χ0v) is 24.0. The van der Waals surface area contributed by atoms with Gasteiger partial charge in [0, 0.05) is 5.92 Å². The zero-order chi connectivity index (χ0) is 27.0. The first-order valence-corrected chi connectivity index (χ1v) is 15.8. The number of unbranched alkanes of at least 4 members (excludes halogenated alkanes) is 9. The van der Waals surface area contributed by atoms with Gasteiger partial charge >= 0.3 is 12.1 Å². The van der Waals surface area contributed by atoms with E-state index >= 15 is 0 Å². The van der Waals surface area contributed by atoms with Crippen LogP contribution in [0.2, 0.25) is 0 Å². The summed E-state index contributed by atoms with van der Waals surface area (Å²) in [5, 5.41) is 2.76. The molecule has 1 aliphatic carbocycles. The highest BCUT2D eigenvalue weighted by Gasteiger charge is 2.30. The highest BCUT2D eigenvalue weighted by atomic mass is 32.2. The van der Waals surface area contributed by atoms with Crippen LogP contribution in [0.4, 0.5) is 4.79 Å². The molecule has 2 aromatic rings. The third-order valence-electron chi connectivity index (χ3n) is 7.27. The molecule has 2 aromatic carbocycles. The predicted octanol–water partition coefficient (Wildman–Crippen LogP) is 8.11. The summed E-state index contributed by atoms with van der Waals surface area (Å²) in [6.07, 6.45) is 14.2. The number of thioether (sulfide) groups is 1. The Morgan fingerprint density at radius 3 is 1.95 bits per heavy atom. The monoisotopic (exact) mass is 539 g/mol. The van der Waals surface area contributed by atoms with E-state index in [0.29, 0.717) is 13.0 Å². The molecule has 0 bridgehead atoms. The van der Waals surface area contributed by atoms with Gasteiger partial charge in [-0.15, -0.1) is 0 Å². The van der Waals surface area contributed by atoms with Crippen LogP contribution in [0.1, 0.15) is 94.6 Å². The van der Waals surface area contributed by atoms with Crippen LogP contribution in [0.25, 0.3) is 11.1 Å². The predicted molar refractivity (Wildman–Crippen MR) is 158 cm³/mol. The number of benzene rings is 2. The zero-order valence-electron chi connectivity index (χ0n) is 23.2. The fourth-order valence-corrected chi connectivity index (χ4v) is 5.60. The molecule has 6 heteroatoms. The van der Waals surface area contributed by atoms with Gasteiger partial charge < -0.3 is 14.8 Å². The number of hydrogen-bond acceptors (Lipinski definition) is 5. The first-order chi connectivity index (χ1) is 18.7. The van der Waals surface area contributed by atoms with Gasteiger partial charge in [0.05, 0.1) is 6.61 Å². The average molecular weight is 540 g/mol. The molecule has 0 fully saturated rings. The van der Waals surface area contributed by atoms with Crippen molar-refractivity contribution in [1.29, 1.82) is 0 Å². The van der Waals surface area contributed by atoms with Crippen LogP contribution in [0, 0.1) is 0 Å². The first-order valence-electron chi connectivity index (χ1n) is 14.4. The Kier molecular flexibility index (Phi) is 13.6. The van der Waals surface area contributed by atoms with E-state index in [2.05, 4.69) is 36.5 Å². The van der Waals surface area contributed by atoms with Crippen LogP contribution in [0.15, 0.2) is 48.5 Å². The van der Waals surface area contributed by atoms with Gasteiger partial charge in [-0.2, -0.15) is 11.8 Å². The lowest BCUT2D eigenvalue weighted by molar-refractivity contribution is -0.146. The molecule has 0 saturated heterocycles. The number of amides is 1. The molecule has 1 N–H and O–H groups in total. The van der Waals surface area contributed by atoms with E-state index in [9.17, 15) is 9.59 Å². The average Bonchev–Trinajstić information content (AvgIpc) is 3.26. The maximum absolute atomic E-state index is 12.7. The summed E-state index contributed by atoms with van der Waals surface area (Å²) in [5.74, 6) is 0.367. The molecule has 0 aromatic heterocycles. The molecule has 0 aliphatic heterocycles. The van der Waals surface area contributed by atoms with E-state index in [1.807, 2.05) is 30.5 Å². The number of fused-ring (bicyclic) bond motifs is 3. The Morgan fingerprint density at radius 2 is 1.37 bits per heavy atom. The highest BCUT2D eigenvalue weighted by Crippen LogP contribution is 2.44. The molecule has 5 nitrogen and oxygen atoms in total. The van der Waals surface area contributed by atoms with Gasteiger partial charge in [0.25, 0.3) is 0 Å². The highest BCUT2D eigenvalue weighted by molar-refractivity contribution is 7.98. The van der Waals surface area contributed by atoms with Crippen molar-refractivity contribution in [2.24, 2.45) is 0 Å². The summed E-state index contributed by atoms with van der Waals surface area (Å²) >= 11 is 1.64. The van der Waals surface area contributed by atoms with Gasteiger partial charge in [-0.25, -0.2) is 9.59 Å². The fourth-order valence-electron chi connectivity index (χ4n) is 5.13. The van der Waals surface area contributed by atoms with E-state index in [1.165, 1.54) is 62.5 Å². The number of hydrogen-bond donors (Lipinski definition) is 1. The lowest BCUT2D eigenvalue weighted by atomic mass is 9.98. The van der Waals surface area contributed by atoms with Crippen molar-refractivity contribution >= 4 is 23.8 Å². The largest absolute Gasteiger partial charge is 0.464 e. The molecule has 0 saturated carbocycles. The molecule has 0 heterocycles. The van der Waals surface area contributed by atoms with Gasteiger partial charge in [-0.3, -0.25) is 0 Å². The van der Waals surface area contributed by atoms with Crippen molar-refractivity contribution in [2.75, 3.05) is 25.2 Å². The second-order valence-corrected chi connectivity index (χ2v) is 11.1. The Balaban J connectivity index is 1.39. The number of carbonyl (C=O) groups excluding carboxylic acids is 2. The molecular weight excluding hydrogens is 494 g/mol. The molecule has 0 radical (unpaired) electrons. The second-order valence-electron chi connectivity index (χ2n) is 10.2. The number of carbonyl (C=O) groups is 2. The van der Waals surface area contributed by atoms with Gasteiger partial charge in [-0.05, 0) is 47.1 Å². The summed E-state index contributed by atoms with van der Waals surface area (Å²) in [6.45, 7) is 2.87. The number of rotatable bonds is 18. The minimum Gasteiger partial charge on any atom is -0.464 e. The Labute approximate surface area is 233 Å². The Hall–Kier alpha value is -2.47. The Morgan fingerprint density at radius 1 is 0.816 bits per heavy atom. The van der Waals surface area contributed by atoms with Gasteiger partial charge in [0.2, 0.25) is 0 Å². The standard InChI is InChI=1S/C32H45NO4S/c1-3-4-5-6-7-8-9-10-11-16-22-36-31(34)30(21-23-38-2)33-32(35)37-24-29-27-19-14-12-17-25(27)26-18-13-15-20-28(26)29/h12-15,17-20,29-30H,3-11,16,21-24H2,1-2H3,(H,33,35)/t30-/m1/s1. The third kappa shape index (κ3) is 9.37. The summed E-state index contributed by atoms with van der Waals surface area (Å²) in [5.41, 5.74) is 4.70. The lowest BCUT2D eigenvalue weighted by Gasteiger charge is -2.19. The molecule has 1 amide bonds. The van der Waals surface area contributed by atoms with Crippen molar-refractivity contribution in [2.45, 2.75) is 89.5 Å². The molecule has 3 rings (SSSR count). The third-order valence-corrected chi connectivity index (χ3v) is 7.92. The Bertz CT molecular complexity index is 949. The smallest absolute Gasteiger partial charge is 0.407 e. The molecule has 1 atom stereocenters. The molecule has 38 heavy (non-hydrogen) atoms. The molecule has 0 unspecified atom stereocenters. The summed E-state index contributed by atoms with van der Waals surface area (Å²) in [6, 6.07) is 15.8. The number of alkyl carbamates (subject to hydrolysis) is 1. The fraction of sp³-hybridized carbons (Fsp3) is 0.562. The van der Waals surface area contributed by atoms with Crippen LogP contribution in [0.3, 0.4) is 0 Å². The summed E-state index contributed by atoms with van der Waals surface area (Å²) in [4.78, 5) is 25.4. The SMILES string of the molecule is CCCCCCCCCCCCOC(=O)[C@@H](CCSC)NC(=O)OCC1c2ccccc2-c2ccccc21. The van der Waals surface area contributed by atoms with Crippen LogP contribution < -0.4 is 5.32 Å². The van der Waals surface area contributed by atoms with E-state index in [0.717, 1.165) is 29.7 Å². The van der Waals surface area contributed by atoms with Crippen molar-refractivity contribution < 1.29 is 19.1 Å². The molecule has 208 valence electrons. The lowest BCUT2D eigenvalue weighted by Crippen LogP contribution is -2.43. The van der Waals surface area contributed by atoms with Gasteiger partial charge in [0.1, 0.15) is 12.6 Å². The van der Waals surface area contributed by atoms with Crippen molar-refractivity contribution in [3.63, 3.8) is 0 Å². The summed E-state index contributed by atoms with van der Waals surface area (Å²) in [7, 11) is 0. The van der Waals surface area contributed by atoms with E-state index in [-0.39, 0.29) is 18.5 Å². The molecule has 0 spiro atoms. The number of ether oxygens (including phenoxy) is 2. The number of nitrogens with one attached hydrogen (secondary N) is 1. The first kappa shape index (κ1) is 30.1. The van der Waals surface area contributed by atoms with Crippen LogP contribution >= 0.6 is 11.8 Å². The van der Waals surface area contributed by atoms with Crippen LogP contribution in [0.5, 0.6) is 0 Å². The van der Waals surface area contributed by atoms with Gasteiger partial charge in [-0.1, -0.05) is 113 Å². The minimum atomic E-state index is -0.693. The maximum Gasteiger partial charge on any atom is 0.407 e. The van der Waals surface area contributed by atoms with Crippen molar-refractivity contribution in [1.82, 2.24) is 5.32 Å². The summed E-state index contributed by atoms with van der Waals surface area (Å²) < 4.78 is 11.2.